The van der Waals surface area contributed by atoms with Crippen molar-refractivity contribution in [3.8, 4) is 0 Å². The van der Waals surface area contributed by atoms with Crippen LogP contribution < -0.4 is 0 Å². The summed E-state index contributed by atoms with van der Waals surface area (Å²) < 4.78 is 18.3. The molecule has 1 saturated heterocycles. The number of piperazine rings is 1. The molecule has 7 heteroatoms. The zero-order chi connectivity index (χ0) is 16.3. The average molecular weight is 329 g/mol. The average Bonchev–Trinajstić information content (AvgIpc) is 2.49. The van der Waals surface area contributed by atoms with Crippen LogP contribution in [0.3, 0.4) is 0 Å². The highest BCUT2D eigenvalue weighted by atomic mass is 35.5. The number of methoxy groups -OCH3 is 1. The third kappa shape index (κ3) is 3.56. The maximum absolute atomic E-state index is 13.3. The fourth-order valence-corrected chi connectivity index (χ4v) is 2.59. The number of nitrogens with zero attached hydrogens (tertiary/aromatic N) is 2. The van der Waals surface area contributed by atoms with Gasteiger partial charge in [0.15, 0.2) is 0 Å². The van der Waals surface area contributed by atoms with Gasteiger partial charge in [0.05, 0.1) is 13.2 Å². The summed E-state index contributed by atoms with van der Waals surface area (Å²) in [5.41, 5.74) is 0.486. The van der Waals surface area contributed by atoms with Crippen molar-refractivity contribution < 1.29 is 18.7 Å². The second-order valence-electron chi connectivity index (χ2n) is 5.19. The minimum absolute atomic E-state index is 0.000528. The van der Waals surface area contributed by atoms with Crippen molar-refractivity contribution in [2.75, 3.05) is 26.8 Å². The maximum atomic E-state index is 13.3. The van der Waals surface area contributed by atoms with Gasteiger partial charge in [0.2, 0.25) is 11.8 Å². The molecule has 1 heterocycles. The number of hydrogen-bond donors (Lipinski definition) is 0. The Morgan fingerprint density at radius 2 is 2.14 bits per heavy atom. The second-order valence-corrected chi connectivity index (χ2v) is 5.59. The van der Waals surface area contributed by atoms with Crippen molar-refractivity contribution in [2.45, 2.75) is 19.5 Å². The summed E-state index contributed by atoms with van der Waals surface area (Å²) in [6.07, 6.45) is 0. The topological polar surface area (TPSA) is 49.9 Å². The fourth-order valence-electron chi connectivity index (χ4n) is 2.41. The predicted molar refractivity (Wildman–Crippen MR) is 79.9 cm³/mol. The lowest BCUT2D eigenvalue weighted by Gasteiger charge is -2.38. The summed E-state index contributed by atoms with van der Waals surface area (Å²) in [4.78, 5) is 27.5. The van der Waals surface area contributed by atoms with Crippen molar-refractivity contribution in [3.05, 3.63) is 34.6 Å². The van der Waals surface area contributed by atoms with Crippen LogP contribution in [0.4, 0.5) is 4.39 Å². The second kappa shape index (κ2) is 7.07. The molecule has 0 radical (unpaired) electrons. The quantitative estimate of drug-likeness (QED) is 0.826. The van der Waals surface area contributed by atoms with E-state index < -0.39 is 11.9 Å². The Bertz CT molecular complexity index is 582. The van der Waals surface area contributed by atoms with Gasteiger partial charge in [0.1, 0.15) is 11.9 Å². The molecule has 5 nitrogen and oxygen atoms in total. The van der Waals surface area contributed by atoms with E-state index in [1.54, 1.807) is 6.92 Å². The van der Waals surface area contributed by atoms with Gasteiger partial charge >= 0.3 is 0 Å². The summed E-state index contributed by atoms with van der Waals surface area (Å²) >= 11 is 6.03. The maximum Gasteiger partial charge on any atom is 0.245 e. The van der Waals surface area contributed by atoms with Crippen LogP contribution in [-0.2, 0) is 20.9 Å². The van der Waals surface area contributed by atoms with Crippen LogP contribution in [-0.4, -0.2) is 54.5 Å². The van der Waals surface area contributed by atoms with Gasteiger partial charge < -0.3 is 14.5 Å². The number of carbonyl (C=O) groups excluding carboxylic acids is 2. The molecule has 0 aliphatic carbocycles. The number of ether oxygens (including phenoxy) is 1. The normalized spacial score (nSPS) is 19.0. The number of halogens is 2. The molecule has 1 atom stereocenters. The molecular formula is C15H18ClFN2O3. The van der Waals surface area contributed by atoms with Gasteiger partial charge in [-0.3, -0.25) is 9.59 Å². The van der Waals surface area contributed by atoms with Crippen LogP contribution in [0, 0.1) is 5.82 Å². The molecule has 2 amide bonds. The molecule has 22 heavy (non-hydrogen) atoms. The fraction of sp³-hybridized carbons (Fsp3) is 0.467. The number of carbonyl (C=O) groups is 2. The van der Waals surface area contributed by atoms with E-state index in [1.165, 1.54) is 35.1 Å². The van der Waals surface area contributed by atoms with Crippen molar-refractivity contribution in [1.82, 2.24) is 9.80 Å². The van der Waals surface area contributed by atoms with E-state index in [1.807, 2.05) is 0 Å². The van der Waals surface area contributed by atoms with E-state index in [0.717, 1.165) is 0 Å². The molecule has 0 spiro atoms. The molecule has 0 aromatic heterocycles. The lowest BCUT2D eigenvalue weighted by atomic mass is 10.1. The summed E-state index contributed by atoms with van der Waals surface area (Å²) in [5, 5.41) is 0.371. The van der Waals surface area contributed by atoms with E-state index in [-0.39, 0.29) is 24.9 Å². The minimum Gasteiger partial charge on any atom is -0.383 e. The van der Waals surface area contributed by atoms with Crippen molar-refractivity contribution >= 4 is 23.4 Å². The van der Waals surface area contributed by atoms with Crippen molar-refractivity contribution in [3.63, 3.8) is 0 Å². The van der Waals surface area contributed by atoms with Crippen LogP contribution in [0.15, 0.2) is 18.2 Å². The van der Waals surface area contributed by atoms with Crippen molar-refractivity contribution in [1.29, 1.82) is 0 Å². The van der Waals surface area contributed by atoms with E-state index in [2.05, 4.69) is 0 Å². The molecule has 1 aliphatic rings. The number of rotatable bonds is 5. The van der Waals surface area contributed by atoms with E-state index in [0.29, 0.717) is 23.7 Å². The summed E-state index contributed by atoms with van der Waals surface area (Å²) in [7, 11) is 1.54. The Balaban J connectivity index is 2.13. The summed E-state index contributed by atoms with van der Waals surface area (Å²) in [6, 6.07) is 3.37. The Labute approximate surface area is 133 Å². The SMILES string of the molecule is COCCN1CC(=O)N(Cc2cc(F)ccc2Cl)[C@@H](C)C1=O. The first-order valence-electron chi connectivity index (χ1n) is 6.95. The lowest BCUT2D eigenvalue weighted by molar-refractivity contribution is -0.156. The highest BCUT2D eigenvalue weighted by Crippen LogP contribution is 2.22. The van der Waals surface area contributed by atoms with Crippen LogP contribution in [0.2, 0.25) is 5.02 Å². The molecule has 0 saturated carbocycles. The Morgan fingerprint density at radius 1 is 1.41 bits per heavy atom. The monoisotopic (exact) mass is 328 g/mol. The number of amides is 2. The molecule has 120 valence electrons. The highest BCUT2D eigenvalue weighted by Gasteiger charge is 2.36. The third-order valence-electron chi connectivity index (χ3n) is 3.70. The van der Waals surface area contributed by atoms with Gasteiger partial charge in [-0.2, -0.15) is 0 Å². The Hall–Kier alpha value is -1.66. The molecule has 1 aromatic rings. The standard InChI is InChI=1S/C15H18ClFN2O3/c1-10-15(21)18(5-6-22-2)9-14(20)19(10)8-11-7-12(17)3-4-13(11)16/h3-4,7,10H,5-6,8-9H2,1-2H3/t10-/m0/s1. The van der Waals surface area contributed by atoms with Crippen LogP contribution in [0.25, 0.3) is 0 Å². The van der Waals surface area contributed by atoms with Gasteiger partial charge in [-0.25, -0.2) is 4.39 Å². The predicted octanol–water partition coefficient (Wildman–Crippen LogP) is 1.68. The van der Waals surface area contributed by atoms with E-state index in [4.69, 9.17) is 16.3 Å². The number of benzene rings is 1. The largest absolute Gasteiger partial charge is 0.383 e. The first-order valence-corrected chi connectivity index (χ1v) is 7.33. The van der Waals surface area contributed by atoms with Crippen LogP contribution in [0.5, 0.6) is 0 Å². The first kappa shape index (κ1) is 16.7. The Morgan fingerprint density at radius 3 is 2.82 bits per heavy atom. The van der Waals surface area contributed by atoms with Crippen molar-refractivity contribution in [2.24, 2.45) is 0 Å². The molecule has 1 fully saturated rings. The van der Waals surface area contributed by atoms with E-state index >= 15 is 0 Å². The summed E-state index contributed by atoms with van der Waals surface area (Å²) in [6.45, 7) is 2.52. The van der Waals surface area contributed by atoms with Gasteiger partial charge in [0.25, 0.3) is 0 Å². The van der Waals surface area contributed by atoms with Gasteiger partial charge in [-0.1, -0.05) is 11.6 Å². The van der Waals surface area contributed by atoms with Gasteiger partial charge in [0, 0.05) is 25.2 Å². The van der Waals surface area contributed by atoms with Gasteiger partial charge in [-0.15, -0.1) is 0 Å². The first-order chi connectivity index (χ1) is 10.4. The van der Waals surface area contributed by atoms with Crippen LogP contribution >= 0.6 is 11.6 Å². The third-order valence-corrected chi connectivity index (χ3v) is 4.07. The zero-order valence-electron chi connectivity index (χ0n) is 12.5. The smallest absolute Gasteiger partial charge is 0.245 e. The Kier molecular flexibility index (Phi) is 5.37. The van der Waals surface area contributed by atoms with Crippen LogP contribution in [0.1, 0.15) is 12.5 Å². The molecule has 0 N–H and O–H groups in total. The molecule has 1 aliphatic heterocycles. The molecule has 2 rings (SSSR count). The zero-order valence-corrected chi connectivity index (χ0v) is 13.3. The van der Waals surface area contributed by atoms with Gasteiger partial charge in [-0.05, 0) is 30.7 Å². The molecule has 0 unspecified atom stereocenters. The molecule has 1 aromatic carbocycles. The number of hydrogen-bond acceptors (Lipinski definition) is 3. The minimum atomic E-state index is -0.613. The van der Waals surface area contributed by atoms with E-state index in [9.17, 15) is 14.0 Å². The molecule has 0 bridgehead atoms. The highest BCUT2D eigenvalue weighted by molar-refractivity contribution is 6.31. The summed E-state index contributed by atoms with van der Waals surface area (Å²) in [5.74, 6) is -0.766. The molecular weight excluding hydrogens is 311 g/mol. The lowest BCUT2D eigenvalue weighted by Crippen LogP contribution is -2.58.